The number of hydrogen-bond acceptors (Lipinski definition) is 5. The normalized spacial score (nSPS) is 27.9. The Hall–Kier alpha value is -2.22. The predicted octanol–water partition coefficient (Wildman–Crippen LogP) is 1.43. The van der Waals surface area contributed by atoms with E-state index >= 15 is 0 Å². The molecule has 0 amide bonds. The van der Waals surface area contributed by atoms with Crippen molar-refractivity contribution in [3.8, 4) is 0 Å². The Morgan fingerprint density at radius 1 is 0.929 bits per heavy atom. The standard InChI is InChI=1S/C22H26N2O4/c1-23-12-18-19(25)20(26)21(27)22(28-18)24-13-15(11-14-7-3-2-4-8-14)16-9-5-6-10-17(16)24/h2-10,13,18-23,25-27H,11-12H2,1H3/t18-,19-,20+,21-,22-/m1/s1. The van der Waals surface area contributed by atoms with Crippen LogP contribution in [-0.4, -0.2) is 57.9 Å². The number of nitrogens with one attached hydrogen (secondary N) is 1. The predicted molar refractivity (Wildman–Crippen MR) is 107 cm³/mol. The van der Waals surface area contributed by atoms with Gasteiger partial charge < -0.3 is 29.9 Å². The topological polar surface area (TPSA) is 86.9 Å². The molecule has 3 aromatic rings. The average molecular weight is 382 g/mol. The minimum absolute atomic E-state index is 0.373. The minimum Gasteiger partial charge on any atom is -0.388 e. The van der Waals surface area contributed by atoms with Crippen molar-refractivity contribution >= 4 is 10.9 Å². The van der Waals surface area contributed by atoms with Crippen LogP contribution in [0.2, 0.25) is 0 Å². The highest BCUT2D eigenvalue weighted by Gasteiger charge is 2.44. The molecular weight excluding hydrogens is 356 g/mol. The molecule has 2 aromatic carbocycles. The third kappa shape index (κ3) is 3.45. The van der Waals surface area contributed by atoms with Gasteiger partial charge >= 0.3 is 0 Å². The fourth-order valence-corrected chi connectivity index (χ4v) is 3.98. The Labute approximate surface area is 164 Å². The monoisotopic (exact) mass is 382 g/mol. The summed E-state index contributed by atoms with van der Waals surface area (Å²) in [5, 5.41) is 35.3. The molecule has 0 bridgehead atoms. The third-order valence-corrected chi connectivity index (χ3v) is 5.43. The van der Waals surface area contributed by atoms with Gasteiger partial charge in [-0.2, -0.15) is 0 Å². The molecule has 0 unspecified atom stereocenters. The van der Waals surface area contributed by atoms with E-state index in [4.69, 9.17) is 4.74 Å². The summed E-state index contributed by atoms with van der Waals surface area (Å²) in [5.41, 5.74) is 3.23. The van der Waals surface area contributed by atoms with Crippen molar-refractivity contribution in [2.45, 2.75) is 37.1 Å². The van der Waals surface area contributed by atoms with Gasteiger partial charge in [0.15, 0.2) is 6.23 Å². The highest BCUT2D eigenvalue weighted by atomic mass is 16.5. The third-order valence-electron chi connectivity index (χ3n) is 5.43. The fraction of sp³-hybridized carbons (Fsp3) is 0.364. The Morgan fingerprint density at radius 2 is 1.64 bits per heavy atom. The van der Waals surface area contributed by atoms with Gasteiger partial charge in [-0.3, -0.25) is 0 Å². The lowest BCUT2D eigenvalue weighted by atomic mass is 9.97. The van der Waals surface area contributed by atoms with Gasteiger partial charge in [0.2, 0.25) is 0 Å². The first-order valence-electron chi connectivity index (χ1n) is 9.56. The lowest BCUT2D eigenvalue weighted by molar-refractivity contribution is -0.242. The molecule has 6 heteroatoms. The van der Waals surface area contributed by atoms with E-state index in [2.05, 4.69) is 23.5 Å². The summed E-state index contributed by atoms with van der Waals surface area (Å²) >= 11 is 0. The molecule has 4 rings (SSSR count). The zero-order valence-electron chi connectivity index (χ0n) is 15.8. The molecular formula is C22H26N2O4. The highest BCUT2D eigenvalue weighted by molar-refractivity contribution is 5.84. The number of hydrogen-bond donors (Lipinski definition) is 4. The summed E-state index contributed by atoms with van der Waals surface area (Å²) in [6, 6.07) is 18.2. The van der Waals surface area contributed by atoms with Gasteiger partial charge in [0.05, 0.1) is 5.52 Å². The molecule has 5 atom stereocenters. The zero-order valence-corrected chi connectivity index (χ0v) is 15.8. The molecule has 1 saturated heterocycles. The van der Waals surface area contributed by atoms with Crippen molar-refractivity contribution in [1.29, 1.82) is 0 Å². The minimum atomic E-state index is -1.28. The second kappa shape index (κ2) is 8.03. The van der Waals surface area contributed by atoms with Crippen LogP contribution in [0.25, 0.3) is 10.9 Å². The van der Waals surface area contributed by atoms with Gasteiger partial charge in [0, 0.05) is 18.1 Å². The SMILES string of the molecule is CNC[C@H]1O[C@@H](n2cc(Cc3ccccc3)c3ccccc32)[C@H](O)[C@@H](O)[C@@H]1O. The lowest BCUT2D eigenvalue weighted by Crippen LogP contribution is -2.57. The number of likely N-dealkylation sites (N-methyl/N-ethyl adjacent to an activating group) is 1. The van der Waals surface area contributed by atoms with Gasteiger partial charge in [-0.15, -0.1) is 0 Å². The number of aliphatic hydroxyl groups excluding tert-OH is 3. The Balaban J connectivity index is 1.74. The Morgan fingerprint density at radius 3 is 2.39 bits per heavy atom. The van der Waals surface area contributed by atoms with Crippen molar-refractivity contribution in [2.24, 2.45) is 0 Å². The summed E-state index contributed by atoms with van der Waals surface area (Å²) in [4.78, 5) is 0. The number of nitrogens with zero attached hydrogens (tertiary/aromatic N) is 1. The Bertz CT molecular complexity index is 927. The van der Waals surface area contributed by atoms with E-state index in [1.165, 1.54) is 5.56 Å². The lowest BCUT2D eigenvalue weighted by Gasteiger charge is -2.41. The van der Waals surface area contributed by atoms with Gasteiger partial charge in [0.1, 0.15) is 24.4 Å². The number of aromatic nitrogens is 1. The largest absolute Gasteiger partial charge is 0.388 e. The van der Waals surface area contributed by atoms with Crippen LogP contribution in [0.1, 0.15) is 17.4 Å². The molecule has 1 fully saturated rings. The molecule has 0 radical (unpaired) electrons. The van der Waals surface area contributed by atoms with Crippen molar-refractivity contribution < 1.29 is 20.1 Å². The molecule has 4 N–H and O–H groups in total. The van der Waals surface area contributed by atoms with Crippen molar-refractivity contribution in [1.82, 2.24) is 9.88 Å². The van der Waals surface area contributed by atoms with Crippen LogP contribution in [0.15, 0.2) is 60.8 Å². The molecule has 1 aliphatic heterocycles. The quantitative estimate of drug-likeness (QED) is 0.536. The van der Waals surface area contributed by atoms with Gasteiger partial charge in [-0.1, -0.05) is 48.5 Å². The summed E-state index contributed by atoms with van der Waals surface area (Å²) < 4.78 is 7.89. The number of ether oxygens (including phenoxy) is 1. The number of aliphatic hydroxyl groups is 3. The average Bonchev–Trinajstić information content (AvgIpc) is 3.08. The van der Waals surface area contributed by atoms with Crippen LogP contribution in [0.3, 0.4) is 0 Å². The van der Waals surface area contributed by atoms with Gasteiger partial charge in [-0.25, -0.2) is 0 Å². The first-order chi connectivity index (χ1) is 13.6. The van der Waals surface area contributed by atoms with Crippen molar-refractivity contribution in [3.05, 3.63) is 71.9 Å². The van der Waals surface area contributed by atoms with Gasteiger partial charge in [-0.05, 0) is 30.7 Å². The maximum atomic E-state index is 10.6. The molecule has 6 nitrogen and oxygen atoms in total. The first kappa shape index (κ1) is 19.1. The van der Waals surface area contributed by atoms with E-state index in [0.717, 1.165) is 22.9 Å². The summed E-state index contributed by atoms with van der Waals surface area (Å²) in [6.07, 6.45) is -2.34. The van der Waals surface area contributed by atoms with Crippen LogP contribution in [-0.2, 0) is 11.2 Å². The fourth-order valence-electron chi connectivity index (χ4n) is 3.98. The Kier molecular flexibility index (Phi) is 5.48. The molecule has 1 aliphatic rings. The maximum absolute atomic E-state index is 10.6. The van der Waals surface area contributed by atoms with E-state index in [0.29, 0.717) is 6.54 Å². The van der Waals surface area contributed by atoms with Crippen molar-refractivity contribution in [2.75, 3.05) is 13.6 Å². The summed E-state index contributed by atoms with van der Waals surface area (Å²) in [5.74, 6) is 0. The molecule has 0 spiro atoms. The van der Waals surface area contributed by atoms with E-state index in [-0.39, 0.29) is 0 Å². The zero-order chi connectivity index (χ0) is 19.7. The molecule has 28 heavy (non-hydrogen) atoms. The summed E-state index contributed by atoms with van der Waals surface area (Å²) in [7, 11) is 1.76. The highest BCUT2D eigenvalue weighted by Crippen LogP contribution is 2.33. The van der Waals surface area contributed by atoms with Crippen LogP contribution < -0.4 is 5.32 Å². The smallest absolute Gasteiger partial charge is 0.163 e. The van der Waals surface area contributed by atoms with Crippen LogP contribution in [0.4, 0.5) is 0 Å². The van der Waals surface area contributed by atoms with E-state index in [1.807, 2.05) is 47.2 Å². The molecule has 0 saturated carbocycles. The molecule has 2 heterocycles. The van der Waals surface area contributed by atoms with Crippen molar-refractivity contribution in [3.63, 3.8) is 0 Å². The first-order valence-corrected chi connectivity index (χ1v) is 9.56. The van der Waals surface area contributed by atoms with Crippen LogP contribution >= 0.6 is 0 Å². The van der Waals surface area contributed by atoms with Gasteiger partial charge in [0.25, 0.3) is 0 Å². The molecule has 148 valence electrons. The second-order valence-corrected chi connectivity index (χ2v) is 7.34. The molecule has 1 aromatic heterocycles. The number of rotatable bonds is 5. The number of fused-ring (bicyclic) bond motifs is 1. The van der Waals surface area contributed by atoms with Crippen LogP contribution in [0, 0.1) is 0 Å². The van der Waals surface area contributed by atoms with E-state index < -0.39 is 30.6 Å². The molecule has 0 aliphatic carbocycles. The van der Waals surface area contributed by atoms with E-state index in [9.17, 15) is 15.3 Å². The number of benzene rings is 2. The van der Waals surface area contributed by atoms with E-state index in [1.54, 1.807) is 7.05 Å². The summed E-state index contributed by atoms with van der Waals surface area (Å²) in [6.45, 7) is 0.373. The van der Waals surface area contributed by atoms with Crippen LogP contribution in [0.5, 0.6) is 0 Å². The second-order valence-electron chi connectivity index (χ2n) is 7.34. The maximum Gasteiger partial charge on any atom is 0.163 e. The number of para-hydroxylation sites is 1.